The number of esters is 3. The van der Waals surface area contributed by atoms with Crippen LogP contribution in [-0.2, 0) is 28.6 Å². The summed E-state index contributed by atoms with van der Waals surface area (Å²) < 4.78 is 16.6. The second-order valence-electron chi connectivity index (χ2n) is 13.6. The highest BCUT2D eigenvalue weighted by Gasteiger charge is 2.19. The Morgan fingerprint density at radius 2 is 0.587 bits per heavy atom. The van der Waals surface area contributed by atoms with Crippen LogP contribution in [0.25, 0.3) is 0 Å². The minimum Gasteiger partial charge on any atom is -0.462 e. The number of hydrogen-bond donors (Lipinski definition) is 0. The second-order valence-corrected chi connectivity index (χ2v) is 13.6. The van der Waals surface area contributed by atoms with Crippen molar-refractivity contribution < 1.29 is 28.6 Å². The summed E-state index contributed by atoms with van der Waals surface area (Å²) in [6, 6.07) is 0. The molecular weight excluding hydrogens is 576 g/mol. The summed E-state index contributed by atoms with van der Waals surface area (Å²) in [6.45, 7) is 6.57. The Morgan fingerprint density at radius 3 is 0.870 bits per heavy atom. The highest BCUT2D eigenvalue weighted by atomic mass is 16.6. The maximum Gasteiger partial charge on any atom is 0.306 e. The van der Waals surface area contributed by atoms with Gasteiger partial charge in [-0.15, -0.1) is 0 Å². The molecular formula is C40H76O6. The van der Waals surface area contributed by atoms with E-state index in [0.717, 1.165) is 57.8 Å². The first-order valence-electron chi connectivity index (χ1n) is 20.0. The molecule has 0 saturated heterocycles. The number of unbranched alkanes of at least 4 members (excludes halogenated alkanes) is 25. The van der Waals surface area contributed by atoms with Gasteiger partial charge in [0.2, 0.25) is 0 Å². The van der Waals surface area contributed by atoms with Gasteiger partial charge in [0.1, 0.15) is 13.2 Å². The molecule has 272 valence electrons. The van der Waals surface area contributed by atoms with Crippen molar-refractivity contribution in [1.82, 2.24) is 0 Å². The van der Waals surface area contributed by atoms with Crippen LogP contribution >= 0.6 is 0 Å². The van der Waals surface area contributed by atoms with Crippen molar-refractivity contribution in [2.45, 2.75) is 226 Å². The zero-order valence-electron chi connectivity index (χ0n) is 30.9. The van der Waals surface area contributed by atoms with E-state index >= 15 is 0 Å². The molecule has 0 bridgehead atoms. The first-order chi connectivity index (χ1) is 22.5. The molecule has 0 saturated carbocycles. The van der Waals surface area contributed by atoms with Crippen molar-refractivity contribution in [3.8, 4) is 0 Å². The van der Waals surface area contributed by atoms with Gasteiger partial charge in [-0.2, -0.15) is 0 Å². The Kier molecular flexibility index (Phi) is 35.0. The van der Waals surface area contributed by atoms with E-state index < -0.39 is 6.10 Å². The number of hydrogen-bond acceptors (Lipinski definition) is 6. The molecule has 0 aliphatic heterocycles. The molecule has 0 fully saturated rings. The van der Waals surface area contributed by atoms with E-state index in [-0.39, 0.29) is 31.1 Å². The highest BCUT2D eigenvalue weighted by molar-refractivity contribution is 5.71. The summed E-state index contributed by atoms with van der Waals surface area (Å²) in [5.41, 5.74) is 0. The molecule has 0 aliphatic carbocycles. The molecule has 0 heterocycles. The van der Waals surface area contributed by atoms with Crippen molar-refractivity contribution in [3.63, 3.8) is 0 Å². The maximum absolute atomic E-state index is 12.6. The summed E-state index contributed by atoms with van der Waals surface area (Å²) in [4.78, 5) is 37.3. The topological polar surface area (TPSA) is 78.9 Å². The molecule has 0 N–H and O–H groups in total. The van der Waals surface area contributed by atoms with Crippen LogP contribution in [0.1, 0.15) is 220 Å². The van der Waals surface area contributed by atoms with Crippen LogP contribution in [-0.4, -0.2) is 37.2 Å². The monoisotopic (exact) mass is 653 g/mol. The van der Waals surface area contributed by atoms with Gasteiger partial charge < -0.3 is 14.2 Å². The fourth-order valence-electron chi connectivity index (χ4n) is 5.79. The highest BCUT2D eigenvalue weighted by Crippen LogP contribution is 2.14. The van der Waals surface area contributed by atoms with E-state index in [1.54, 1.807) is 0 Å². The van der Waals surface area contributed by atoms with Crippen LogP contribution in [0.3, 0.4) is 0 Å². The largest absolute Gasteiger partial charge is 0.462 e. The van der Waals surface area contributed by atoms with E-state index in [9.17, 15) is 14.4 Å². The van der Waals surface area contributed by atoms with Gasteiger partial charge in [0.25, 0.3) is 0 Å². The van der Waals surface area contributed by atoms with Gasteiger partial charge in [0.15, 0.2) is 6.10 Å². The lowest BCUT2D eigenvalue weighted by Crippen LogP contribution is -2.30. The van der Waals surface area contributed by atoms with Gasteiger partial charge in [-0.3, -0.25) is 14.4 Å². The Morgan fingerprint density at radius 1 is 0.348 bits per heavy atom. The third-order valence-electron chi connectivity index (χ3n) is 8.86. The van der Waals surface area contributed by atoms with Crippen molar-refractivity contribution in [3.05, 3.63) is 0 Å². The average molecular weight is 653 g/mol. The first-order valence-corrected chi connectivity index (χ1v) is 20.0. The standard InChI is InChI=1S/C40H76O6/c1-4-7-10-13-16-18-19-20-22-24-27-30-33-39(42)45-36-37(35-44-38(41)32-29-26-23-15-12-9-6-3)46-40(43)34-31-28-25-21-17-14-11-8-5-2/h37H,4-36H2,1-3H3/t37-/m0/s1. The van der Waals surface area contributed by atoms with Crippen LogP contribution in [0.15, 0.2) is 0 Å². The lowest BCUT2D eigenvalue weighted by Gasteiger charge is -2.18. The lowest BCUT2D eigenvalue weighted by molar-refractivity contribution is -0.167. The third kappa shape index (κ3) is 33.8. The molecule has 6 nitrogen and oxygen atoms in total. The zero-order valence-corrected chi connectivity index (χ0v) is 30.9. The average Bonchev–Trinajstić information content (AvgIpc) is 3.05. The van der Waals surface area contributed by atoms with E-state index in [1.807, 2.05) is 0 Å². The van der Waals surface area contributed by atoms with Gasteiger partial charge in [0, 0.05) is 19.3 Å². The quantitative estimate of drug-likeness (QED) is 0.0381. The smallest absolute Gasteiger partial charge is 0.306 e. The van der Waals surface area contributed by atoms with Crippen molar-refractivity contribution in [1.29, 1.82) is 0 Å². The Hall–Kier alpha value is -1.59. The second kappa shape index (κ2) is 36.2. The predicted octanol–water partition coefficient (Wildman–Crippen LogP) is 12.1. The number of ether oxygens (including phenoxy) is 3. The molecule has 46 heavy (non-hydrogen) atoms. The summed E-state index contributed by atoms with van der Waals surface area (Å²) in [5, 5.41) is 0. The Labute approximate surface area is 285 Å². The molecule has 6 heteroatoms. The van der Waals surface area contributed by atoms with Crippen LogP contribution in [0.5, 0.6) is 0 Å². The van der Waals surface area contributed by atoms with E-state index in [4.69, 9.17) is 14.2 Å². The molecule has 0 aliphatic rings. The van der Waals surface area contributed by atoms with E-state index in [0.29, 0.717) is 19.3 Å². The Balaban J connectivity index is 4.29. The molecule has 0 aromatic heterocycles. The van der Waals surface area contributed by atoms with Crippen LogP contribution in [0.4, 0.5) is 0 Å². The number of rotatable bonds is 36. The third-order valence-corrected chi connectivity index (χ3v) is 8.86. The number of carbonyl (C=O) groups is 3. The van der Waals surface area contributed by atoms with Crippen LogP contribution < -0.4 is 0 Å². The minimum absolute atomic E-state index is 0.0642. The van der Waals surface area contributed by atoms with E-state index in [2.05, 4.69) is 20.8 Å². The molecule has 0 aromatic rings. The predicted molar refractivity (Wildman–Crippen MR) is 192 cm³/mol. The molecule has 0 amide bonds. The molecule has 0 spiro atoms. The van der Waals surface area contributed by atoms with Crippen LogP contribution in [0, 0.1) is 0 Å². The Bertz CT molecular complexity index is 679. The molecule has 0 radical (unpaired) electrons. The summed E-state index contributed by atoms with van der Waals surface area (Å²) >= 11 is 0. The van der Waals surface area contributed by atoms with Crippen molar-refractivity contribution >= 4 is 17.9 Å². The molecule has 0 rings (SSSR count). The van der Waals surface area contributed by atoms with Gasteiger partial charge in [-0.1, -0.05) is 181 Å². The van der Waals surface area contributed by atoms with Gasteiger partial charge in [0.05, 0.1) is 0 Å². The summed E-state index contributed by atoms with van der Waals surface area (Å²) in [7, 11) is 0. The minimum atomic E-state index is -0.755. The zero-order chi connectivity index (χ0) is 33.8. The molecule has 1 atom stereocenters. The van der Waals surface area contributed by atoms with Gasteiger partial charge >= 0.3 is 17.9 Å². The number of carbonyl (C=O) groups excluding carboxylic acids is 3. The summed E-state index contributed by atoms with van der Waals surface area (Å²) in [5.74, 6) is -0.870. The molecule has 0 aromatic carbocycles. The SMILES string of the molecule is CCCCCCCCCCCCCCC(=O)OC[C@H](COC(=O)CCCCCCCCC)OC(=O)CCCCCCCCCCC. The van der Waals surface area contributed by atoms with Crippen molar-refractivity contribution in [2.75, 3.05) is 13.2 Å². The fourth-order valence-corrected chi connectivity index (χ4v) is 5.79. The normalized spacial score (nSPS) is 11.8. The van der Waals surface area contributed by atoms with Gasteiger partial charge in [-0.05, 0) is 19.3 Å². The molecule has 0 unspecified atom stereocenters. The first kappa shape index (κ1) is 44.4. The fraction of sp³-hybridized carbons (Fsp3) is 0.925. The van der Waals surface area contributed by atoms with Gasteiger partial charge in [-0.25, -0.2) is 0 Å². The van der Waals surface area contributed by atoms with Crippen molar-refractivity contribution in [2.24, 2.45) is 0 Å². The van der Waals surface area contributed by atoms with Crippen LogP contribution in [0.2, 0.25) is 0 Å². The maximum atomic E-state index is 12.6. The van der Waals surface area contributed by atoms with E-state index in [1.165, 1.54) is 122 Å². The lowest BCUT2D eigenvalue weighted by atomic mass is 10.0. The summed E-state index contributed by atoms with van der Waals surface area (Å²) in [6.07, 6.45) is 33.8.